The SMILES string of the molecule is COc1c(OCC(O)CN2CC3CCC(C2)O3)ccc2c3n(c(=NC(=O)c4cccnc4)nc12)CCN3. The van der Waals surface area contributed by atoms with Gasteiger partial charge in [-0.15, -0.1) is 0 Å². The van der Waals surface area contributed by atoms with Crippen LogP contribution in [0.3, 0.4) is 0 Å². The van der Waals surface area contributed by atoms with E-state index in [-0.39, 0.29) is 24.4 Å². The van der Waals surface area contributed by atoms with Crippen LogP contribution in [0.15, 0.2) is 41.7 Å². The number of pyridine rings is 1. The van der Waals surface area contributed by atoms with E-state index in [2.05, 4.69) is 20.2 Å². The summed E-state index contributed by atoms with van der Waals surface area (Å²) in [5.41, 5.74) is 1.19. The summed E-state index contributed by atoms with van der Waals surface area (Å²) in [6.07, 6.45) is 5.16. The molecule has 3 aliphatic rings. The Labute approximate surface area is 213 Å². The molecule has 2 fully saturated rings. The van der Waals surface area contributed by atoms with Crippen molar-refractivity contribution in [3.05, 3.63) is 47.8 Å². The van der Waals surface area contributed by atoms with Gasteiger partial charge in [-0.25, -0.2) is 4.98 Å². The maximum absolute atomic E-state index is 12.8. The number of aliphatic hydroxyl groups excluding tert-OH is 1. The number of hydrogen-bond donors (Lipinski definition) is 2. The fraction of sp³-hybridized carbons (Fsp3) is 0.462. The summed E-state index contributed by atoms with van der Waals surface area (Å²) in [6, 6.07) is 7.09. The lowest BCUT2D eigenvalue weighted by atomic mass is 10.2. The molecule has 3 aliphatic heterocycles. The number of nitrogens with one attached hydrogen (secondary N) is 1. The van der Waals surface area contributed by atoms with Crippen LogP contribution in [0.2, 0.25) is 0 Å². The number of β-amino-alcohol motifs (C(OH)–C–C–N with tert-alkyl or cyclic N) is 1. The van der Waals surface area contributed by atoms with Crippen molar-refractivity contribution in [1.29, 1.82) is 0 Å². The number of aromatic nitrogens is 3. The molecule has 37 heavy (non-hydrogen) atoms. The Morgan fingerprint density at radius 1 is 1.30 bits per heavy atom. The summed E-state index contributed by atoms with van der Waals surface area (Å²) in [6.45, 7) is 3.66. The van der Waals surface area contributed by atoms with Crippen molar-refractivity contribution in [3.8, 4) is 11.5 Å². The van der Waals surface area contributed by atoms with Crippen LogP contribution in [0, 0.1) is 0 Å². The number of hydrogen-bond acceptors (Lipinski definition) is 9. The first-order valence-electron chi connectivity index (χ1n) is 12.6. The Balaban J connectivity index is 1.27. The summed E-state index contributed by atoms with van der Waals surface area (Å²) in [5.74, 6) is 1.29. The Morgan fingerprint density at radius 2 is 2.14 bits per heavy atom. The van der Waals surface area contributed by atoms with Gasteiger partial charge in [0.05, 0.1) is 24.9 Å². The molecule has 2 saturated heterocycles. The molecule has 6 rings (SSSR count). The van der Waals surface area contributed by atoms with Crippen LogP contribution in [0.4, 0.5) is 5.82 Å². The molecule has 0 radical (unpaired) electrons. The van der Waals surface area contributed by atoms with Crippen molar-refractivity contribution in [2.45, 2.75) is 37.7 Å². The van der Waals surface area contributed by atoms with Crippen LogP contribution in [-0.4, -0.2) is 88.7 Å². The number of morpholine rings is 1. The van der Waals surface area contributed by atoms with Crippen LogP contribution in [0.25, 0.3) is 10.9 Å². The molecule has 1 amide bonds. The number of amides is 1. The van der Waals surface area contributed by atoms with Gasteiger partial charge >= 0.3 is 0 Å². The van der Waals surface area contributed by atoms with Gasteiger partial charge in [0.15, 0.2) is 11.5 Å². The van der Waals surface area contributed by atoms with Gasteiger partial charge in [-0.1, -0.05) is 0 Å². The van der Waals surface area contributed by atoms with Crippen molar-refractivity contribution in [3.63, 3.8) is 0 Å². The van der Waals surface area contributed by atoms with Gasteiger partial charge in [-0.3, -0.25) is 19.2 Å². The quantitative estimate of drug-likeness (QED) is 0.487. The lowest BCUT2D eigenvalue weighted by Gasteiger charge is -2.33. The molecule has 2 N–H and O–H groups in total. The average Bonchev–Trinajstić information content (AvgIpc) is 3.54. The zero-order valence-corrected chi connectivity index (χ0v) is 20.7. The summed E-state index contributed by atoms with van der Waals surface area (Å²) < 4.78 is 19.5. The number of anilines is 1. The Hall–Kier alpha value is -3.54. The molecule has 3 aromatic rings. The lowest BCUT2D eigenvalue weighted by molar-refractivity contribution is -0.0529. The van der Waals surface area contributed by atoms with Gasteiger partial charge in [-0.2, -0.15) is 4.99 Å². The number of aliphatic hydroxyl groups is 1. The third kappa shape index (κ3) is 4.77. The molecule has 0 spiro atoms. The molecule has 2 bridgehead atoms. The molecule has 1 aromatic carbocycles. The highest BCUT2D eigenvalue weighted by Crippen LogP contribution is 2.37. The Bertz CT molecular complexity index is 1370. The predicted molar refractivity (Wildman–Crippen MR) is 135 cm³/mol. The van der Waals surface area contributed by atoms with E-state index in [0.717, 1.165) is 37.1 Å². The smallest absolute Gasteiger partial charge is 0.281 e. The van der Waals surface area contributed by atoms with Gasteiger partial charge in [0.2, 0.25) is 5.62 Å². The second-order valence-electron chi connectivity index (χ2n) is 9.63. The lowest BCUT2D eigenvalue weighted by Crippen LogP contribution is -2.46. The number of benzene rings is 1. The van der Waals surface area contributed by atoms with Crippen LogP contribution in [0.1, 0.15) is 23.2 Å². The van der Waals surface area contributed by atoms with Crippen molar-refractivity contribution in [2.75, 3.05) is 45.2 Å². The summed E-state index contributed by atoms with van der Waals surface area (Å²) >= 11 is 0. The molecule has 0 saturated carbocycles. The number of likely N-dealkylation sites (tertiary alicyclic amines) is 1. The fourth-order valence-electron chi connectivity index (χ4n) is 5.37. The third-order valence-corrected chi connectivity index (χ3v) is 7.03. The highest BCUT2D eigenvalue weighted by molar-refractivity contribution is 5.96. The molecular weight excluding hydrogens is 476 g/mol. The molecular formula is C26H30N6O5. The first-order valence-corrected chi connectivity index (χ1v) is 12.6. The first kappa shape index (κ1) is 23.8. The molecule has 2 aromatic heterocycles. The molecule has 3 unspecified atom stereocenters. The van der Waals surface area contributed by atoms with Crippen molar-refractivity contribution >= 4 is 22.6 Å². The second kappa shape index (κ2) is 10.1. The minimum atomic E-state index is -0.661. The van der Waals surface area contributed by atoms with Crippen LogP contribution >= 0.6 is 0 Å². The molecule has 11 heteroatoms. The molecule has 11 nitrogen and oxygen atoms in total. The predicted octanol–water partition coefficient (Wildman–Crippen LogP) is 1.21. The summed E-state index contributed by atoms with van der Waals surface area (Å²) in [5, 5.41) is 14.9. The topological polar surface area (TPSA) is 123 Å². The van der Waals surface area contributed by atoms with E-state index in [1.54, 1.807) is 25.4 Å². The Kier molecular flexibility index (Phi) is 6.49. The highest BCUT2D eigenvalue weighted by atomic mass is 16.5. The van der Waals surface area contributed by atoms with Crippen LogP contribution < -0.4 is 20.4 Å². The van der Waals surface area contributed by atoms with E-state index < -0.39 is 12.0 Å². The van der Waals surface area contributed by atoms with Crippen molar-refractivity contribution in [1.82, 2.24) is 19.4 Å². The van der Waals surface area contributed by atoms with Crippen molar-refractivity contribution in [2.24, 2.45) is 4.99 Å². The maximum Gasteiger partial charge on any atom is 0.281 e. The molecule has 194 valence electrons. The van der Waals surface area contributed by atoms with Gasteiger partial charge < -0.3 is 24.6 Å². The van der Waals surface area contributed by atoms with Gasteiger partial charge in [-0.05, 0) is 37.1 Å². The molecule has 0 aliphatic carbocycles. The first-order chi connectivity index (χ1) is 18.1. The number of methoxy groups -OCH3 is 1. The number of nitrogens with zero attached hydrogens (tertiary/aromatic N) is 5. The number of ether oxygens (including phenoxy) is 3. The highest BCUT2D eigenvalue weighted by Gasteiger charge is 2.34. The zero-order valence-electron chi connectivity index (χ0n) is 20.7. The largest absolute Gasteiger partial charge is 0.491 e. The van der Waals surface area contributed by atoms with Gasteiger partial charge in [0.1, 0.15) is 24.0 Å². The van der Waals surface area contributed by atoms with E-state index in [0.29, 0.717) is 42.2 Å². The normalized spacial score (nSPS) is 22.1. The van der Waals surface area contributed by atoms with E-state index in [4.69, 9.17) is 19.2 Å². The number of rotatable bonds is 7. The molecule has 5 heterocycles. The fourth-order valence-corrected chi connectivity index (χ4v) is 5.37. The number of fused-ring (bicyclic) bond motifs is 5. The third-order valence-electron chi connectivity index (χ3n) is 7.03. The van der Waals surface area contributed by atoms with E-state index in [1.165, 1.54) is 6.20 Å². The standard InChI is InChI=1S/C26H30N6O5/c1-35-23-21(36-15-17(33)12-31-13-18-4-5-19(14-31)37-18)7-6-20-22(23)29-26(32-10-9-28-24(20)32)30-25(34)16-3-2-8-27-11-16/h2-3,6-8,11,17-19,28,33H,4-5,9-10,12-15H2,1H3. The number of carbonyl (C=O) groups is 1. The summed E-state index contributed by atoms with van der Waals surface area (Å²) in [7, 11) is 1.55. The second-order valence-corrected chi connectivity index (χ2v) is 9.63. The van der Waals surface area contributed by atoms with E-state index >= 15 is 0 Å². The monoisotopic (exact) mass is 506 g/mol. The van der Waals surface area contributed by atoms with Crippen molar-refractivity contribution < 1.29 is 24.1 Å². The minimum Gasteiger partial charge on any atom is -0.491 e. The van der Waals surface area contributed by atoms with E-state index in [9.17, 15) is 9.90 Å². The average molecular weight is 507 g/mol. The number of carbonyl (C=O) groups excluding carboxylic acids is 1. The summed E-state index contributed by atoms with van der Waals surface area (Å²) in [4.78, 5) is 28.0. The maximum atomic E-state index is 12.8. The van der Waals surface area contributed by atoms with Crippen LogP contribution in [0.5, 0.6) is 11.5 Å². The Morgan fingerprint density at radius 3 is 2.89 bits per heavy atom. The molecule has 3 atom stereocenters. The van der Waals surface area contributed by atoms with Gasteiger partial charge in [0.25, 0.3) is 5.91 Å². The minimum absolute atomic E-state index is 0.114. The van der Waals surface area contributed by atoms with Gasteiger partial charge in [0, 0.05) is 50.5 Å². The van der Waals surface area contributed by atoms with Crippen LogP contribution in [-0.2, 0) is 11.3 Å². The van der Waals surface area contributed by atoms with E-state index in [1.807, 2.05) is 16.7 Å². The zero-order chi connectivity index (χ0) is 25.4.